The van der Waals surface area contributed by atoms with Gasteiger partial charge in [-0.3, -0.25) is 4.90 Å². The number of aromatic nitrogens is 2. The Morgan fingerprint density at radius 2 is 1.96 bits per heavy atom. The van der Waals surface area contributed by atoms with Crippen LogP contribution in [0.1, 0.15) is 63.0 Å². The van der Waals surface area contributed by atoms with Crippen LogP contribution in [0, 0.1) is 5.41 Å². The maximum atomic E-state index is 13.1. The van der Waals surface area contributed by atoms with E-state index in [1.807, 2.05) is 13.8 Å². The van der Waals surface area contributed by atoms with Crippen LogP contribution < -0.4 is 0 Å². The Balaban J connectivity index is 1.47. The van der Waals surface area contributed by atoms with Gasteiger partial charge < -0.3 is 4.57 Å². The Labute approximate surface area is 157 Å². The van der Waals surface area contributed by atoms with Crippen LogP contribution in [0.5, 0.6) is 0 Å². The molecule has 3 fully saturated rings. The Kier molecular flexibility index (Phi) is 4.42. The molecule has 0 N–H and O–H groups in total. The summed E-state index contributed by atoms with van der Waals surface area (Å²) in [5.74, 6) is 1.15. The molecule has 0 aromatic carbocycles. The minimum absolute atomic E-state index is 0.0233. The summed E-state index contributed by atoms with van der Waals surface area (Å²) in [4.78, 5) is 6.32. The molecule has 0 amide bonds. The standard InChI is InChI=1S/C18H26F3N3O2S/c1-12(2)24-8-15(18(19,20)21)22-16(24)13-3-4-14(7-13)23-6-5-17(9-23)10-27(25,26)11-17/h8,12-14H,3-7,9-11H2,1-2H3/t13-,14-/m1/s1. The van der Waals surface area contributed by atoms with E-state index < -0.39 is 21.7 Å². The fourth-order valence-corrected chi connectivity index (χ4v) is 7.44. The Bertz CT molecular complexity index is 819. The molecule has 1 aromatic heterocycles. The van der Waals surface area contributed by atoms with Gasteiger partial charge in [-0.05, 0) is 46.1 Å². The van der Waals surface area contributed by atoms with Crippen LogP contribution in [-0.2, 0) is 16.0 Å². The summed E-state index contributed by atoms with van der Waals surface area (Å²) < 4.78 is 64.2. The number of hydrogen-bond donors (Lipinski definition) is 0. The molecule has 1 aromatic rings. The van der Waals surface area contributed by atoms with Gasteiger partial charge in [-0.2, -0.15) is 13.2 Å². The number of sulfone groups is 1. The van der Waals surface area contributed by atoms with Crippen molar-refractivity contribution in [2.24, 2.45) is 5.41 Å². The predicted octanol–water partition coefficient (Wildman–Crippen LogP) is 3.24. The molecule has 27 heavy (non-hydrogen) atoms. The van der Waals surface area contributed by atoms with Gasteiger partial charge in [0.05, 0.1) is 11.5 Å². The molecule has 152 valence electrons. The lowest BCUT2D eigenvalue weighted by Crippen LogP contribution is -2.50. The Morgan fingerprint density at radius 3 is 2.56 bits per heavy atom. The zero-order valence-electron chi connectivity index (χ0n) is 15.7. The molecular formula is C18H26F3N3O2S. The van der Waals surface area contributed by atoms with E-state index in [4.69, 9.17) is 0 Å². The molecule has 1 saturated carbocycles. The lowest BCUT2D eigenvalue weighted by Gasteiger charge is -2.38. The molecule has 1 aliphatic carbocycles. The lowest BCUT2D eigenvalue weighted by molar-refractivity contribution is -0.141. The van der Waals surface area contributed by atoms with Gasteiger partial charge >= 0.3 is 6.18 Å². The largest absolute Gasteiger partial charge is 0.434 e. The molecule has 4 rings (SSSR count). The van der Waals surface area contributed by atoms with Crippen molar-refractivity contribution in [2.45, 2.75) is 63.7 Å². The molecule has 3 heterocycles. The topological polar surface area (TPSA) is 55.2 Å². The minimum atomic E-state index is -4.43. The number of likely N-dealkylation sites (tertiary alicyclic amines) is 1. The predicted molar refractivity (Wildman–Crippen MR) is 95.3 cm³/mol. The first kappa shape index (κ1) is 19.2. The van der Waals surface area contributed by atoms with Crippen LogP contribution in [0.25, 0.3) is 0 Å². The van der Waals surface area contributed by atoms with Gasteiger partial charge in [-0.15, -0.1) is 0 Å². The number of hydrogen-bond acceptors (Lipinski definition) is 4. The summed E-state index contributed by atoms with van der Waals surface area (Å²) in [6.07, 6.45) is 0.171. The van der Waals surface area contributed by atoms with Crippen LogP contribution >= 0.6 is 0 Å². The van der Waals surface area contributed by atoms with E-state index in [1.165, 1.54) is 0 Å². The monoisotopic (exact) mass is 405 g/mol. The molecule has 0 radical (unpaired) electrons. The first-order chi connectivity index (χ1) is 12.5. The highest BCUT2D eigenvalue weighted by molar-refractivity contribution is 7.92. The normalized spacial score (nSPS) is 30.3. The first-order valence-electron chi connectivity index (χ1n) is 9.58. The van der Waals surface area contributed by atoms with Crippen LogP contribution in [0.3, 0.4) is 0 Å². The van der Waals surface area contributed by atoms with E-state index in [9.17, 15) is 21.6 Å². The smallest absolute Gasteiger partial charge is 0.332 e. The highest BCUT2D eigenvalue weighted by Crippen LogP contribution is 2.46. The number of imidazole rings is 1. The summed E-state index contributed by atoms with van der Waals surface area (Å²) in [5.41, 5.74) is -0.883. The fourth-order valence-electron chi connectivity index (χ4n) is 5.19. The highest BCUT2D eigenvalue weighted by Gasteiger charge is 2.53. The highest BCUT2D eigenvalue weighted by atomic mass is 32.2. The third kappa shape index (κ3) is 3.52. The maximum absolute atomic E-state index is 13.1. The number of halogens is 3. The van der Waals surface area contributed by atoms with E-state index in [0.29, 0.717) is 23.4 Å². The lowest BCUT2D eigenvalue weighted by atomic mass is 9.91. The third-order valence-electron chi connectivity index (χ3n) is 6.41. The zero-order chi connectivity index (χ0) is 19.6. The molecule has 0 unspecified atom stereocenters. The van der Waals surface area contributed by atoms with Crippen LogP contribution in [0.15, 0.2) is 6.20 Å². The average Bonchev–Trinajstić information content (AvgIpc) is 3.21. The molecule has 0 bridgehead atoms. The summed E-state index contributed by atoms with van der Waals surface area (Å²) in [6, 6.07) is 0.238. The molecule has 5 nitrogen and oxygen atoms in total. The molecule has 3 aliphatic rings. The zero-order valence-corrected chi connectivity index (χ0v) is 16.5. The molecule has 2 saturated heterocycles. The van der Waals surface area contributed by atoms with Crippen LogP contribution in [0.2, 0.25) is 0 Å². The summed E-state index contributed by atoms with van der Waals surface area (Å²) >= 11 is 0. The SMILES string of the molecule is CC(C)n1cc(C(F)(F)F)nc1[C@@H]1CC[C@@H](N2CCC3(C2)CS(=O)(=O)C3)C1. The van der Waals surface area contributed by atoms with E-state index in [1.54, 1.807) is 4.57 Å². The maximum Gasteiger partial charge on any atom is 0.434 e. The van der Waals surface area contributed by atoms with Crippen LogP contribution in [0.4, 0.5) is 13.2 Å². The summed E-state index contributed by atoms with van der Waals surface area (Å²) in [5, 5.41) is 0. The molecule has 9 heteroatoms. The number of alkyl halides is 3. The second-order valence-electron chi connectivity index (χ2n) is 8.90. The van der Waals surface area contributed by atoms with Crippen molar-refractivity contribution in [3.8, 4) is 0 Å². The van der Waals surface area contributed by atoms with Crippen molar-refractivity contribution in [1.82, 2.24) is 14.5 Å². The average molecular weight is 405 g/mol. The number of nitrogens with zero attached hydrogens (tertiary/aromatic N) is 3. The fraction of sp³-hybridized carbons (Fsp3) is 0.833. The van der Waals surface area contributed by atoms with Gasteiger partial charge in [0.15, 0.2) is 15.5 Å². The Morgan fingerprint density at radius 1 is 1.26 bits per heavy atom. The molecule has 1 spiro atoms. The van der Waals surface area contributed by atoms with Gasteiger partial charge in [0.25, 0.3) is 0 Å². The van der Waals surface area contributed by atoms with Crippen molar-refractivity contribution >= 4 is 9.84 Å². The van der Waals surface area contributed by atoms with Crippen molar-refractivity contribution in [1.29, 1.82) is 0 Å². The van der Waals surface area contributed by atoms with Crippen molar-refractivity contribution < 1.29 is 21.6 Å². The molecule has 2 atom stereocenters. The van der Waals surface area contributed by atoms with Gasteiger partial charge in [0.1, 0.15) is 5.82 Å². The second kappa shape index (κ2) is 6.20. The van der Waals surface area contributed by atoms with Crippen molar-refractivity contribution in [3.05, 3.63) is 17.7 Å². The van der Waals surface area contributed by atoms with E-state index >= 15 is 0 Å². The van der Waals surface area contributed by atoms with Crippen molar-refractivity contribution in [2.75, 3.05) is 24.6 Å². The number of rotatable bonds is 3. The van der Waals surface area contributed by atoms with E-state index in [0.717, 1.165) is 45.0 Å². The summed E-state index contributed by atoms with van der Waals surface area (Å²) in [6.45, 7) is 5.44. The minimum Gasteiger partial charge on any atom is -0.332 e. The van der Waals surface area contributed by atoms with E-state index in [2.05, 4.69) is 9.88 Å². The molecular weight excluding hydrogens is 379 g/mol. The first-order valence-corrected chi connectivity index (χ1v) is 11.4. The van der Waals surface area contributed by atoms with Gasteiger partial charge in [0.2, 0.25) is 0 Å². The molecule has 2 aliphatic heterocycles. The second-order valence-corrected chi connectivity index (χ2v) is 11.0. The Hall–Kier alpha value is -1.09. The van der Waals surface area contributed by atoms with Gasteiger partial charge in [0, 0.05) is 36.2 Å². The van der Waals surface area contributed by atoms with Crippen molar-refractivity contribution in [3.63, 3.8) is 0 Å². The summed E-state index contributed by atoms with van der Waals surface area (Å²) in [7, 11) is -2.85. The van der Waals surface area contributed by atoms with E-state index in [-0.39, 0.29) is 17.4 Å². The van der Waals surface area contributed by atoms with Gasteiger partial charge in [-0.1, -0.05) is 0 Å². The third-order valence-corrected chi connectivity index (χ3v) is 8.52. The quantitative estimate of drug-likeness (QED) is 0.775. The van der Waals surface area contributed by atoms with Crippen LogP contribution in [-0.4, -0.2) is 53.5 Å². The van der Waals surface area contributed by atoms with Gasteiger partial charge in [-0.25, -0.2) is 13.4 Å².